The predicted octanol–water partition coefficient (Wildman–Crippen LogP) is 2.20. The van der Waals surface area contributed by atoms with Gasteiger partial charge in [0.25, 0.3) is 0 Å². The highest BCUT2D eigenvalue weighted by atomic mass is 127. The number of methoxy groups -OCH3 is 1. The number of aliphatic imine (C=N–C) groups is 1. The minimum Gasteiger partial charge on any atom is -0.497 e. The molecule has 1 aliphatic heterocycles. The van der Waals surface area contributed by atoms with Gasteiger partial charge < -0.3 is 15.8 Å². The number of guanidine groups is 1. The summed E-state index contributed by atoms with van der Waals surface area (Å²) in [5.41, 5.74) is 7.06. The molecule has 0 spiro atoms. The lowest BCUT2D eigenvalue weighted by molar-refractivity contribution is 0.267. The van der Waals surface area contributed by atoms with E-state index in [9.17, 15) is 0 Å². The number of hydrogen-bond donors (Lipinski definition) is 2. The van der Waals surface area contributed by atoms with Crippen LogP contribution in [0.15, 0.2) is 29.3 Å². The van der Waals surface area contributed by atoms with Crippen molar-refractivity contribution < 1.29 is 4.74 Å². The molecule has 3 N–H and O–H groups in total. The molecule has 6 heteroatoms. The molecule has 5 nitrogen and oxygen atoms in total. The number of likely N-dealkylation sites (tertiary alicyclic amines) is 1. The van der Waals surface area contributed by atoms with Crippen molar-refractivity contribution in [2.45, 2.75) is 32.4 Å². The SMILES string of the molecule is CCN1CCCC1CNC(N)=NCc1ccc(OC)cc1.I. The predicted molar refractivity (Wildman–Crippen MR) is 102 cm³/mol. The van der Waals surface area contributed by atoms with Crippen molar-refractivity contribution in [2.75, 3.05) is 26.7 Å². The zero-order valence-corrected chi connectivity index (χ0v) is 15.7. The van der Waals surface area contributed by atoms with E-state index in [1.54, 1.807) is 7.11 Å². The molecule has 1 aliphatic rings. The average molecular weight is 418 g/mol. The van der Waals surface area contributed by atoms with E-state index >= 15 is 0 Å². The molecule has 1 fully saturated rings. The summed E-state index contributed by atoms with van der Waals surface area (Å²) >= 11 is 0. The summed E-state index contributed by atoms with van der Waals surface area (Å²) in [5.74, 6) is 1.38. The van der Waals surface area contributed by atoms with Gasteiger partial charge in [0.2, 0.25) is 0 Å². The number of halogens is 1. The number of nitrogens with zero attached hydrogens (tertiary/aromatic N) is 2. The van der Waals surface area contributed by atoms with Gasteiger partial charge in [-0.15, -0.1) is 24.0 Å². The Morgan fingerprint density at radius 3 is 2.77 bits per heavy atom. The van der Waals surface area contributed by atoms with Crippen molar-refractivity contribution in [3.8, 4) is 5.75 Å². The van der Waals surface area contributed by atoms with Crippen LogP contribution in [0.25, 0.3) is 0 Å². The number of hydrogen-bond acceptors (Lipinski definition) is 3. The summed E-state index contributed by atoms with van der Waals surface area (Å²) in [5, 5.41) is 3.24. The van der Waals surface area contributed by atoms with Gasteiger partial charge in [-0.1, -0.05) is 19.1 Å². The van der Waals surface area contributed by atoms with Gasteiger partial charge in [0.05, 0.1) is 13.7 Å². The Labute approximate surface area is 150 Å². The van der Waals surface area contributed by atoms with Gasteiger partial charge in [-0.25, -0.2) is 4.99 Å². The highest BCUT2D eigenvalue weighted by Crippen LogP contribution is 2.15. The van der Waals surface area contributed by atoms with Gasteiger partial charge in [0, 0.05) is 12.6 Å². The number of nitrogens with two attached hydrogens (primary N) is 1. The molecule has 0 bridgehead atoms. The van der Waals surface area contributed by atoms with Crippen LogP contribution in [0.3, 0.4) is 0 Å². The standard InChI is InChI=1S/C16H26N4O.HI/c1-3-20-10-4-5-14(20)12-19-16(17)18-11-13-6-8-15(21-2)9-7-13;/h6-9,14H,3-5,10-12H2,1-2H3,(H3,17,18,19);1H. The van der Waals surface area contributed by atoms with Crippen molar-refractivity contribution in [3.05, 3.63) is 29.8 Å². The molecule has 1 saturated heterocycles. The molecule has 0 aliphatic carbocycles. The molecule has 1 atom stereocenters. The number of ether oxygens (including phenoxy) is 1. The van der Waals surface area contributed by atoms with E-state index in [2.05, 4.69) is 22.1 Å². The first-order valence-corrected chi connectivity index (χ1v) is 7.63. The van der Waals surface area contributed by atoms with Gasteiger partial charge in [-0.05, 0) is 43.6 Å². The Kier molecular flexibility index (Phi) is 8.55. The van der Waals surface area contributed by atoms with Gasteiger partial charge >= 0.3 is 0 Å². The van der Waals surface area contributed by atoms with Crippen LogP contribution < -0.4 is 15.8 Å². The Hall–Kier alpha value is -1.02. The third kappa shape index (κ3) is 5.64. The van der Waals surface area contributed by atoms with Crippen molar-refractivity contribution >= 4 is 29.9 Å². The number of benzene rings is 1. The maximum atomic E-state index is 5.94. The maximum absolute atomic E-state index is 5.94. The number of rotatable bonds is 6. The third-order valence-electron chi connectivity index (χ3n) is 4.02. The molecule has 1 heterocycles. The van der Waals surface area contributed by atoms with E-state index in [1.807, 2.05) is 24.3 Å². The van der Waals surface area contributed by atoms with Crippen LogP contribution in [0.2, 0.25) is 0 Å². The highest BCUT2D eigenvalue weighted by Gasteiger charge is 2.22. The van der Waals surface area contributed by atoms with E-state index < -0.39 is 0 Å². The largest absolute Gasteiger partial charge is 0.497 e. The first kappa shape index (κ1) is 19.0. The lowest BCUT2D eigenvalue weighted by Gasteiger charge is -2.23. The summed E-state index contributed by atoms with van der Waals surface area (Å²) in [6.45, 7) is 5.98. The fourth-order valence-electron chi connectivity index (χ4n) is 2.73. The molecule has 0 aromatic heterocycles. The zero-order valence-electron chi connectivity index (χ0n) is 13.4. The van der Waals surface area contributed by atoms with Crippen molar-refractivity contribution in [3.63, 3.8) is 0 Å². The second kappa shape index (κ2) is 9.89. The molecule has 1 aromatic carbocycles. The van der Waals surface area contributed by atoms with E-state index in [0.717, 1.165) is 24.4 Å². The quantitative estimate of drug-likeness (QED) is 0.423. The molecule has 2 rings (SSSR count). The summed E-state index contributed by atoms with van der Waals surface area (Å²) in [6, 6.07) is 8.47. The third-order valence-corrected chi connectivity index (χ3v) is 4.02. The van der Waals surface area contributed by atoms with Crippen molar-refractivity contribution in [1.82, 2.24) is 10.2 Å². The fourth-order valence-corrected chi connectivity index (χ4v) is 2.73. The first-order chi connectivity index (χ1) is 10.2. The van der Waals surface area contributed by atoms with E-state index in [0.29, 0.717) is 18.5 Å². The normalized spacial score (nSPS) is 18.8. The summed E-state index contributed by atoms with van der Waals surface area (Å²) in [7, 11) is 1.66. The van der Waals surface area contributed by atoms with Crippen LogP contribution in [0.1, 0.15) is 25.3 Å². The molecule has 0 radical (unpaired) electrons. The van der Waals surface area contributed by atoms with Crippen LogP contribution in [0.5, 0.6) is 5.75 Å². The summed E-state index contributed by atoms with van der Waals surface area (Å²) in [4.78, 5) is 6.88. The smallest absolute Gasteiger partial charge is 0.188 e. The second-order valence-electron chi connectivity index (χ2n) is 5.36. The summed E-state index contributed by atoms with van der Waals surface area (Å²) in [6.07, 6.45) is 2.52. The van der Waals surface area contributed by atoms with Crippen LogP contribution >= 0.6 is 24.0 Å². The average Bonchev–Trinajstić information content (AvgIpc) is 2.99. The highest BCUT2D eigenvalue weighted by molar-refractivity contribution is 14.0. The lowest BCUT2D eigenvalue weighted by Crippen LogP contribution is -2.42. The lowest BCUT2D eigenvalue weighted by atomic mass is 10.2. The van der Waals surface area contributed by atoms with E-state index in [1.165, 1.54) is 19.4 Å². The molecule has 22 heavy (non-hydrogen) atoms. The minimum absolute atomic E-state index is 0. The topological polar surface area (TPSA) is 62.9 Å². The van der Waals surface area contributed by atoms with Crippen LogP contribution in [-0.2, 0) is 6.54 Å². The molecule has 1 aromatic rings. The molecule has 1 unspecified atom stereocenters. The first-order valence-electron chi connectivity index (χ1n) is 7.63. The van der Waals surface area contributed by atoms with Gasteiger partial charge in [-0.3, -0.25) is 4.90 Å². The van der Waals surface area contributed by atoms with E-state index in [4.69, 9.17) is 10.5 Å². The van der Waals surface area contributed by atoms with E-state index in [-0.39, 0.29) is 24.0 Å². The zero-order chi connectivity index (χ0) is 15.1. The van der Waals surface area contributed by atoms with Gasteiger partial charge in [0.15, 0.2) is 5.96 Å². The Balaban J connectivity index is 0.00000242. The number of nitrogens with one attached hydrogen (secondary N) is 1. The second-order valence-corrected chi connectivity index (χ2v) is 5.36. The molecule has 0 saturated carbocycles. The molecular weight excluding hydrogens is 391 g/mol. The van der Waals surface area contributed by atoms with Crippen molar-refractivity contribution in [1.29, 1.82) is 0 Å². The fraction of sp³-hybridized carbons (Fsp3) is 0.562. The molecular formula is C16H27IN4O. The van der Waals surface area contributed by atoms with Crippen LogP contribution in [0.4, 0.5) is 0 Å². The molecule has 124 valence electrons. The molecule has 0 amide bonds. The Morgan fingerprint density at radius 1 is 1.41 bits per heavy atom. The van der Waals surface area contributed by atoms with Crippen LogP contribution in [0, 0.1) is 0 Å². The Morgan fingerprint density at radius 2 is 2.14 bits per heavy atom. The number of likely N-dealkylation sites (N-methyl/N-ethyl adjacent to an activating group) is 1. The summed E-state index contributed by atoms with van der Waals surface area (Å²) < 4.78 is 5.13. The minimum atomic E-state index is 0. The van der Waals surface area contributed by atoms with Gasteiger partial charge in [0.1, 0.15) is 5.75 Å². The monoisotopic (exact) mass is 418 g/mol. The Bertz CT molecular complexity index is 464. The maximum Gasteiger partial charge on any atom is 0.188 e. The van der Waals surface area contributed by atoms with Gasteiger partial charge in [-0.2, -0.15) is 0 Å². The van der Waals surface area contributed by atoms with Crippen LogP contribution in [-0.4, -0.2) is 43.6 Å². The van der Waals surface area contributed by atoms with Crippen molar-refractivity contribution in [2.24, 2.45) is 10.7 Å².